The highest BCUT2D eigenvalue weighted by Crippen LogP contribution is 2.25. The molecule has 10 heteroatoms. The number of hydrogen-bond acceptors (Lipinski definition) is 7. The highest BCUT2D eigenvalue weighted by molar-refractivity contribution is 5.83. The van der Waals surface area contributed by atoms with Crippen LogP contribution < -0.4 is 5.32 Å². The zero-order valence-corrected chi connectivity index (χ0v) is 21.2. The number of hydrogen-bond donors (Lipinski definition) is 2. The molecule has 4 heterocycles. The molecule has 188 valence electrons. The number of amides is 1. The van der Waals surface area contributed by atoms with Crippen molar-refractivity contribution in [2.45, 2.75) is 32.9 Å². The van der Waals surface area contributed by atoms with E-state index >= 15 is 0 Å². The first-order valence-electron chi connectivity index (χ1n) is 12.1. The Morgan fingerprint density at radius 3 is 2.64 bits per heavy atom. The van der Waals surface area contributed by atoms with E-state index in [0.29, 0.717) is 19.0 Å². The van der Waals surface area contributed by atoms with E-state index in [4.69, 9.17) is 4.74 Å². The molecule has 4 aromatic rings. The minimum atomic E-state index is -0.476. The number of aryl methyl sites for hydroxylation is 1. The maximum absolute atomic E-state index is 12.3. The number of rotatable bonds is 5. The molecule has 1 amide bonds. The molecule has 0 spiro atoms. The van der Waals surface area contributed by atoms with Crippen LogP contribution in [-0.2, 0) is 18.3 Å². The molecule has 1 aromatic carbocycles. The third-order valence-electron chi connectivity index (χ3n) is 6.02. The van der Waals surface area contributed by atoms with Gasteiger partial charge in [-0.05, 0) is 56.2 Å². The Kier molecular flexibility index (Phi) is 6.36. The number of anilines is 2. The molecule has 0 bridgehead atoms. The summed E-state index contributed by atoms with van der Waals surface area (Å²) in [6, 6.07) is 10.2. The van der Waals surface area contributed by atoms with E-state index in [1.165, 1.54) is 0 Å². The number of fused-ring (bicyclic) bond motifs is 1. The van der Waals surface area contributed by atoms with Gasteiger partial charge in [0, 0.05) is 57.7 Å². The van der Waals surface area contributed by atoms with Crippen LogP contribution in [0.5, 0.6) is 0 Å². The Balaban J connectivity index is 1.20. The van der Waals surface area contributed by atoms with Crippen LogP contribution in [0.4, 0.5) is 16.6 Å². The van der Waals surface area contributed by atoms with E-state index in [2.05, 4.69) is 36.3 Å². The van der Waals surface area contributed by atoms with Gasteiger partial charge in [0.15, 0.2) is 0 Å². The largest absolute Gasteiger partial charge is 0.444 e. The number of ether oxygens (including phenoxy) is 1. The van der Waals surface area contributed by atoms with Gasteiger partial charge in [0.1, 0.15) is 11.4 Å². The Bertz CT molecular complexity index is 1360. The van der Waals surface area contributed by atoms with Gasteiger partial charge in [0.2, 0.25) is 5.95 Å². The quantitative estimate of drug-likeness (QED) is 0.435. The van der Waals surface area contributed by atoms with Crippen molar-refractivity contribution in [2.24, 2.45) is 7.05 Å². The van der Waals surface area contributed by atoms with Crippen molar-refractivity contribution in [3.05, 3.63) is 54.5 Å². The molecule has 1 fully saturated rings. The van der Waals surface area contributed by atoms with E-state index in [1.807, 2.05) is 64.5 Å². The van der Waals surface area contributed by atoms with Crippen LogP contribution >= 0.6 is 0 Å². The van der Waals surface area contributed by atoms with Crippen LogP contribution in [0.3, 0.4) is 0 Å². The minimum absolute atomic E-state index is 0.240. The molecule has 1 aliphatic rings. The number of pyridine rings is 1. The lowest BCUT2D eigenvalue weighted by molar-refractivity contribution is 0.0139. The van der Waals surface area contributed by atoms with Gasteiger partial charge in [-0.15, -0.1) is 0 Å². The number of carbonyl (C=O) groups excluding carboxylic acids is 1. The summed E-state index contributed by atoms with van der Waals surface area (Å²) in [6.45, 7) is 9.37. The number of nitrogens with one attached hydrogen (secondary N) is 2. The van der Waals surface area contributed by atoms with E-state index in [9.17, 15) is 4.79 Å². The normalized spacial score (nSPS) is 14.8. The second-order valence-corrected chi connectivity index (χ2v) is 10.1. The molecule has 1 aliphatic heterocycles. The molecule has 2 N–H and O–H groups in total. The number of imidazole rings is 1. The molecule has 0 aliphatic carbocycles. The summed E-state index contributed by atoms with van der Waals surface area (Å²) in [6.07, 6.45) is 5.40. The molecule has 0 saturated carbocycles. The fraction of sp³-hybridized carbons (Fsp3) is 0.385. The highest BCUT2D eigenvalue weighted by atomic mass is 16.6. The zero-order chi connectivity index (χ0) is 25.3. The topological polar surface area (TPSA) is 104 Å². The van der Waals surface area contributed by atoms with Crippen molar-refractivity contribution in [3.8, 4) is 11.1 Å². The van der Waals surface area contributed by atoms with Crippen LogP contribution in [0.15, 0.2) is 48.9 Å². The van der Waals surface area contributed by atoms with Crippen molar-refractivity contribution in [3.63, 3.8) is 0 Å². The second-order valence-electron chi connectivity index (χ2n) is 10.1. The standard InChI is InChI=1S/C26H32N8O2/c1-26(2,3)36-25(35)34-11-9-33(10-12-34)16-18-7-8-27-23(13-18)31-24-29-21-6-5-19(14-22(21)30-24)20-15-28-32(4)17-20/h5-8,13-15,17H,9-12,16H2,1-4H3,(H2,27,29,30,31). The molecule has 0 radical (unpaired) electrons. The predicted molar refractivity (Wildman–Crippen MR) is 139 cm³/mol. The maximum atomic E-state index is 12.3. The summed E-state index contributed by atoms with van der Waals surface area (Å²) in [5.74, 6) is 1.37. The molecule has 36 heavy (non-hydrogen) atoms. The molecule has 5 rings (SSSR count). The van der Waals surface area contributed by atoms with Gasteiger partial charge in [0.05, 0.1) is 17.2 Å². The fourth-order valence-corrected chi connectivity index (χ4v) is 4.25. The number of aromatic amines is 1. The average Bonchev–Trinajstić information content (AvgIpc) is 3.43. The number of H-pyrrole nitrogens is 1. The number of benzene rings is 1. The number of carbonyl (C=O) groups is 1. The first kappa shape index (κ1) is 23.8. The maximum Gasteiger partial charge on any atom is 0.410 e. The summed E-state index contributed by atoms with van der Waals surface area (Å²) >= 11 is 0. The van der Waals surface area contributed by atoms with Crippen molar-refractivity contribution >= 4 is 28.9 Å². The van der Waals surface area contributed by atoms with Crippen molar-refractivity contribution in [1.29, 1.82) is 0 Å². The smallest absolute Gasteiger partial charge is 0.410 e. The Hall–Kier alpha value is -3.92. The number of piperazine rings is 1. The monoisotopic (exact) mass is 488 g/mol. The third kappa shape index (κ3) is 5.65. The SMILES string of the molecule is Cn1cc(-c2ccc3nc(Nc4cc(CN5CCN(C(=O)OC(C)(C)C)CC5)ccn4)[nH]c3c2)cn1. The molecule has 0 atom stereocenters. The summed E-state index contributed by atoms with van der Waals surface area (Å²) in [4.78, 5) is 28.9. The first-order chi connectivity index (χ1) is 17.2. The molecule has 0 unspecified atom stereocenters. The molecular weight excluding hydrogens is 456 g/mol. The fourth-order valence-electron chi connectivity index (χ4n) is 4.25. The van der Waals surface area contributed by atoms with Gasteiger partial charge in [-0.2, -0.15) is 5.10 Å². The van der Waals surface area contributed by atoms with Crippen molar-refractivity contribution in [1.82, 2.24) is 34.5 Å². The lowest BCUT2D eigenvalue weighted by atomic mass is 10.1. The molecular formula is C26H32N8O2. The van der Waals surface area contributed by atoms with Gasteiger partial charge in [0.25, 0.3) is 0 Å². The summed E-state index contributed by atoms with van der Waals surface area (Å²) in [5, 5.41) is 7.55. The van der Waals surface area contributed by atoms with Gasteiger partial charge in [-0.1, -0.05) is 6.07 Å². The van der Waals surface area contributed by atoms with Gasteiger partial charge in [-0.3, -0.25) is 9.58 Å². The van der Waals surface area contributed by atoms with E-state index in [-0.39, 0.29) is 6.09 Å². The third-order valence-corrected chi connectivity index (χ3v) is 6.02. The second kappa shape index (κ2) is 9.62. The summed E-state index contributed by atoms with van der Waals surface area (Å²) in [5.41, 5.74) is 4.63. The number of nitrogens with zero attached hydrogens (tertiary/aromatic N) is 6. The lowest BCUT2D eigenvalue weighted by Crippen LogP contribution is -2.49. The van der Waals surface area contributed by atoms with E-state index < -0.39 is 5.60 Å². The van der Waals surface area contributed by atoms with Gasteiger partial charge < -0.3 is 19.9 Å². The average molecular weight is 489 g/mol. The van der Waals surface area contributed by atoms with Crippen molar-refractivity contribution < 1.29 is 9.53 Å². The lowest BCUT2D eigenvalue weighted by Gasteiger charge is -2.35. The molecule has 3 aromatic heterocycles. The zero-order valence-electron chi connectivity index (χ0n) is 21.2. The van der Waals surface area contributed by atoms with Gasteiger partial charge in [-0.25, -0.2) is 14.8 Å². The summed E-state index contributed by atoms with van der Waals surface area (Å²) in [7, 11) is 1.91. The van der Waals surface area contributed by atoms with E-state index in [1.54, 1.807) is 15.8 Å². The molecule has 1 saturated heterocycles. The Morgan fingerprint density at radius 2 is 1.92 bits per heavy atom. The number of aromatic nitrogens is 5. The van der Waals surface area contributed by atoms with Crippen LogP contribution in [-0.4, -0.2) is 72.4 Å². The Morgan fingerprint density at radius 1 is 1.11 bits per heavy atom. The Labute approximate surface area is 210 Å². The highest BCUT2D eigenvalue weighted by Gasteiger charge is 2.25. The summed E-state index contributed by atoms with van der Waals surface area (Å²) < 4.78 is 7.28. The van der Waals surface area contributed by atoms with Crippen LogP contribution in [0, 0.1) is 0 Å². The predicted octanol–water partition coefficient (Wildman–Crippen LogP) is 4.15. The first-order valence-corrected chi connectivity index (χ1v) is 12.1. The van der Waals surface area contributed by atoms with Crippen LogP contribution in [0.2, 0.25) is 0 Å². The molecule has 10 nitrogen and oxygen atoms in total. The minimum Gasteiger partial charge on any atom is -0.444 e. The van der Waals surface area contributed by atoms with Crippen molar-refractivity contribution in [2.75, 3.05) is 31.5 Å². The van der Waals surface area contributed by atoms with Gasteiger partial charge >= 0.3 is 6.09 Å². The van der Waals surface area contributed by atoms with E-state index in [0.717, 1.165) is 53.2 Å². The van der Waals surface area contributed by atoms with Crippen LogP contribution in [0.1, 0.15) is 26.3 Å². The van der Waals surface area contributed by atoms with Crippen LogP contribution in [0.25, 0.3) is 22.2 Å².